The van der Waals surface area contributed by atoms with Gasteiger partial charge in [-0.1, -0.05) is 0 Å². The van der Waals surface area contributed by atoms with Crippen LogP contribution in [0.3, 0.4) is 0 Å². The molecule has 1 aromatic rings. The van der Waals surface area contributed by atoms with Crippen LogP contribution in [0.1, 0.15) is 50.9 Å². The Balaban J connectivity index is 2.16. The number of nitrogens with zero attached hydrogens (tertiary/aromatic N) is 2. The number of hydrogen-bond acceptors (Lipinski definition) is 2. The van der Waals surface area contributed by atoms with Crippen LogP contribution in [0, 0.1) is 0 Å². The predicted octanol–water partition coefficient (Wildman–Crippen LogP) is 3.21. The molecule has 0 spiro atoms. The summed E-state index contributed by atoms with van der Waals surface area (Å²) >= 11 is 0. The van der Waals surface area contributed by atoms with E-state index in [2.05, 4.69) is 10.4 Å². The first-order valence-electron chi connectivity index (χ1n) is 6.25. The topological polar surface area (TPSA) is 29.9 Å². The summed E-state index contributed by atoms with van der Waals surface area (Å²) in [4.78, 5) is 0. The molecule has 2 rings (SSSR count). The van der Waals surface area contributed by atoms with E-state index in [1.165, 1.54) is 0 Å². The SMILES string of the molecule is CC(C)n1nccc1C1CCCC(C(F)(F)F)N1. The highest BCUT2D eigenvalue weighted by molar-refractivity contribution is 5.10. The van der Waals surface area contributed by atoms with Crippen LogP contribution in [0.4, 0.5) is 13.2 Å². The van der Waals surface area contributed by atoms with Crippen molar-refractivity contribution in [1.29, 1.82) is 0 Å². The molecule has 0 amide bonds. The minimum Gasteiger partial charge on any atom is -0.298 e. The predicted molar refractivity (Wildman–Crippen MR) is 62.2 cm³/mol. The highest BCUT2D eigenvalue weighted by atomic mass is 19.4. The Morgan fingerprint density at radius 2 is 2.11 bits per heavy atom. The van der Waals surface area contributed by atoms with E-state index in [9.17, 15) is 13.2 Å². The van der Waals surface area contributed by atoms with Crippen molar-refractivity contribution in [3.8, 4) is 0 Å². The van der Waals surface area contributed by atoms with Crippen molar-refractivity contribution in [3.63, 3.8) is 0 Å². The van der Waals surface area contributed by atoms with Crippen molar-refractivity contribution in [1.82, 2.24) is 15.1 Å². The molecule has 1 aliphatic heterocycles. The summed E-state index contributed by atoms with van der Waals surface area (Å²) in [6.45, 7) is 3.95. The van der Waals surface area contributed by atoms with Gasteiger partial charge < -0.3 is 0 Å². The van der Waals surface area contributed by atoms with Crippen LogP contribution in [0.2, 0.25) is 0 Å². The van der Waals surface area contributed by atoms with Crippen LogP contribution in [0.25, 0.3) is 0 Å². The molecule has 1 saturated heterocycles. The molecule has 1 aromatic heterocycles. The molecule has 0 aromatic carbocycles. The molecule has 2 atom stereocenters. The molecule has 3 nitrogen and oxygen atoms in total. The van der Waals surface area contributed by atoms with E-state index in [-0.39, 0.29) is 18.5 Å². The molecule has 1 fully saturated rings. The Labute approximate surface area is 104 Å². The fourth-order valence-corrected chi connectivity index (χ4v) is 2.46. The lowest BCUT2D eigenvalue weighted by Crippen LogP contribution is -2.47. The first-order valence-corrected chi connectivity index (χ1v) is 6.25. The second-order valence-corrected chi connectivity index (χ2v) is 5.04. The van der Waals surface area contributed by atoms with Gasteiger partial charge in [0.05, 0.1) is 5.69 Å². The van der Waals surface area contributed by atoms with E-state index in [0.717, 1.165) is 12.1 Å². The van der Waals surface area contributed by atoms with E-state index in [0.29, 0.717) is 6.42 Å². The molecule has 0 saturated carbocycles. The number of aromatic nitrogens is 2. The summed E-state index contributed by atoms with van der Waals surface area (Å²) in [7, 11) is 0. The molecule has 0 bridgehead atoms. The van der Waals surface area contributed by atoms with Gasteiger partial charge in [-0.05, 0) is 39.2 Å². The van der Waals surface area contributed by atoms with Crippen molar-refractivity contribution in [3.05, 3.63) is 18.0 Å². The molecule has 0 radical (unpaired) electrons. The van der Waals surface area contributed by atoms with Crippen LogP contribution in [0.5, 0.6) is 0 Å². The molecule has 1 aliphatic rings. The molecule has 2 heterocycles. The highest BCUT2D eigenvalue weighted by Gasteiger charge is 2.42. The first-order chi connectivity index (χ1) is 8.39. The maximum atomic E-state index is 12.7. The summed E-state index contributed by atoms with van der Waals surface area (Å²) in [5, 5.41) is 6.88. The number of hydrogen-bond donors (Lipinski definition) is 1. The number of rotatable bonds is 2. The van der Waals surface area contributed by atoms with Crippen LogP contribution < -0.4 is 5.32 Å². The molecular weight excluding hydrogens is 243 g/mol. The fourth-order valence-electron chi connectivity index (χ4n) is 2.46. The molecule has 0 aliphatic carbocycles. The normalized spacial score (nSPS) is 25.7. The van der Waals surface area contributed by atoms with Gasteiger partial charge in [-0.25, -0.2) is 0 Å². The molecule has 6 heteroatoms. The average molecular weight is 261 g/mol. The average Bonchev–Trinajstić information content (AvgIpc) is 2.77. The summed E-state index contributed by atoms with van der Waals surface area (Å²) in [6.07, 6.45) is -1.04. The Hall–Kier alpha value is -1.04. The number of halogens is 3. The van der Waals surface area contributed by atoms with Gasteiger partial charge in [0.25, 0.3) is 0 Å². The van der Waals surface area contributed by atoms with Gasteiger partial charge in [0, 0.05) is 18.3 Å². The van der Waals surface area contributed by atoms with Crippen molar-refractivity contribution >= 4 is 0 Å². The molecule has 2 unspecified atom stereocenters. The zero-order chi connectivity index (χ0) is 13.3. The minimum absolute atomic E-state index is 0.156. The van der Waals surface area contributed by atoms with E-state index in [1.807, 2.05) is 13.8 Å². The lowest BCUT2D eigenvalue weighted by atomic mass is 9.96. The number of nitrogens with one attached hydrogen (secondary N) is 1. The molecular formula is C12H18F3N3. The molecule has 102 valence electrons. The third-order valence-electron chi connectivity index (χ3n) is 3.33. The zero-order valence-corrected chi connectivity index (χ0v) is 10.5. The van der Waals surface area contributed by atoms with Crippen molar-refractivity contribution in [2.24, 2.45) is 0 Å². The first kappa shape index (κ1) is 13.4. The highest BCUT2D eigenvalue weighted by Crippen LogP contribution is 2.33. The van der Waals surface area contributed by atoms with Gasteiger partial charge >= 0.3 is 6.18 Å². The lowest BCUT2D eigenvalue weighted by molar-refractivity contribution is -0.163. The zero-order valence-electron chi connectivity index (χ0n) is 10.5. The summed E-state index contributed by atoms with van der Waals surface area (Å²) in [6, 6.07) is 0.307. The van der Waals surface area contributed by atoms with Crippen molar-refractivity contribution in [2.45, 2.75) is 57.4 Å². The summed E-state index contributed by atoms with van der Waals surface area (Å²) in [5.74, 6) is 0. The summed E-state index contributed by atoms with van der Waals surface area (Å²) < 4.78 is 40.0. The van der Waals surface area contributed by atoms with E-state index >= 15 is 0 Å². The second kappa shape index (κ2) is 4.91. The quantitative estimate of drug-likeness (QED) is 0.886. The van der Waals surface area contributed by atoms with Gasteiger partial charge in [0.2, 0.25) is 0 Å². The largest absolute Gasteiger partial charge is 0.403 e. The van der Waals surface area contributed by atoms with Crippen LogP contribution in [0.15, 0.2) is 12.3 Å². The van der Waals surface area contributed by atoms with Crippen molar-refractivity contribution in [2.75, 3.05) is 0 Å². The van der Waals surface area contributed by atoms with E-state index < -0.39 is 12.2 Å². The number of piperidine rings is 1. The standard InChI is InChI=1S/C12H18F3N3/c1-8(2)18-10(6-7-16-18)9-4-3-5-11(17-9)12(13,14)15/h6-9,11,17H,3-5H2,1-2H3. The monoisotopic (exact) mass is 261 g/mol. The Morgan fingerprint density at radius 3 is 2.72 bits per heavy atom. The lowest BCUT2D eigenvalue weighted by Gasteiger charge is -2.33. The summed E-state index contributed by atoms with van der Waals surface area (Å²) in [5.41, 5.74) is 0.846. The Bertz CT molecular complexity index is 398. The van der Waals surface area contributed by atoms with Gasteiger partial charge in [0.15, 0.2) is 0 Å². The third kappa shape index (κ3) is 2.68. The van der Waals surface area contributed by atoms with Crippen LogP contribution in [-0.4, -0.2) is 22.0 Å². The minimum atomic E-state index is -4.17. The van der Waals surface area contributed by atoms with Crippen LogP contribution >= 0.6 is 0 Å². The Morgan fingerprint density at radius 1 is 1.39 bits per heavy atom. The van der Waals surface area contributed by atoms with E-state index in [4.69, 9.17) is 0 Å². The fraction of sp³-hybridized carbons (Fsp3) is 0.750. The van der Waals surface area contributed by atoms with Gasteiger partial charge in [0.1, 0.15) is 6.04 Å². The van der Waals surface area contributed by atoms with E-state index in [1.54, 1.807) is 16.9 Å². The van der Waals surface area contributed by atoms with Crippen molar-refractivity contribution < 1.29 is 13.2 Å². The third-order valence-corrected chi connectivity index (χ3v) is 3.33. The van der Waals surface area contributed by atoms with Crippen LogP contribution in [-0.2, 0) is 0 Å². The van der Waals surface area contributed by atoms with Gasteiger partial charge in [-0.15, -0.1) is 0 Å². The van der Waals surface area contributed by atoms with Gasteiger partial charge in [-0.2, -0.15) is 18.3 Å². The maximum Gasteiger partial charge on any atom is 0.403 e. The maximum absolute atomic E-state index is 12.7. The van der Waals surface area contributed by atoms with Gasteiger partial charge in [-0.3, -0.25) is 10.00 Å². The molecule has 1 N–H and O–H groups in total. The molecule has 18 heavy (non-hydrogen) atoms. The Kier molecular flexibility index (Phi) is 3.66. The smallest absolute Gasteiger partial charge is 0.298 e. The second-order valence-electron chi connectivity index (χ2n) is 5.04. The number of alkyl halides is 3.